The fourth-order valence-corrected chi connectivity index (χ4v) is 3.24. The van der Waals surface area contributed by atoms with E-state index in [2.05, 4.69) is 5.32 Å². The Hall–Kier alpha value is -2.34. The van der Waals surface area contributed by atoms with E-state index < -0.39 is 9.84 Å². The number of sulfone groups is 1. The van der Waals surface area contributed by atoms with Gasteiger partial charge in [0.2, 0.25) is 0 Å². The maximum Gasteiger partial charge on any atom is 0.251 e. The molecule has 5 nitrogen and oxygen atoms in total. The third-order valence-corrected chi connectivity index (χ3v) is 4.48. The maximum absolute atomic E-state index is 12.1. The van der Waals surface area contributed by atoms with Crippen molar-refractivity contribution in [3.8, 4) is 5.75 Å². The molecule has 0 saturated carbocycles. The standard InChI is InChI=1S/C19H23NO4S/c1-14-4-9-18(15(2)12-14)24-11-10-20-19(21)17-7-5-16(6-8-17)13-25(3,22)23/h4-9,12H,10-11,13H2,1-3H3,(H,20,21). The lowest BCUT2D eigenvalue weighted by Crippen LogP contribution is -2.28. The van der Waals surface area contributed by atoms with Crippen LogP contribution in [-0.4, -0.2) is 33.7 Å². The number of aryl methyl sites for hydroxylation is 2. The first-order valence-electron chi connectivity index (χ1n) is 7.99. The van der Waals surface area contributed by atoms with Crippen molar-refractivity contribution in [1.82, 2.24) is 5.32 Å². The predicted octanol–water partition coefficient (Wildman–Crippen LogP) is 2.66. The van der Waals surface area contributed by atoms with Gasteiger partial charge in [-0.15, -0.1) is 0 Å². The van der Waals surface area contributed by atoms with E-state index >= 15 is 0 Å². The summed E-state index contributed by atoms with van der Waals surface area (Å²) in [6.45, 7) is 4.77. The number of rotatable bonds is 7. The minimum absolute atomic E-state index is 0.0291. The van der Waals surface area contributed by atoms with Gasteiger partial charge in [-0.1, -0.05) is 29.8 Å². The van der Waals surface area contributed by atoms with Gasteiger partial charge in [0.25, 0.3) is 5.91 Å². The zero-order chi connectivity index (χ0) is 18.4. The van der Waals surface area contributed by atoms with Crippen LogP contribution in [0.15, 0.2) is 42.5 Å². The number of benzene rings is 2. The van der Waals surface area contributed by atoms with E-state index in [9.17, 15) is 13.2 Å². The van der Waals surface area contributed by atoms with Gasteiger partial charge in [0.1, 0.15) is 12.4 Å². The molecular formula is C19H23NO4S. The first kappa shape index (κ1) is 19.0. The summed E-state index contributed by atoms with van der Waals surface area (Å²) < 4.78 is 28.2. The Morgan fingerprint density at radius 1 is 1.08 bits per heavy atom. The lowest BCUT2D eigenvalue weighted by molar-refractivity contribution is 0.0947. The molecule has 6 heteroatoms. The highest BCUT2D eigenvalue weighted by Gasteiger charge is 2.08. The van der Waals surface area contributed by atoms with Crippen molar-refractivity contribution in [1.29, 1.82) is 0 Å². The number of hydrogen-bond acceptors (Lipinski definition) is 4. The summed E-state index contributed by atoms with van der Waals surface area (Å²) in [5, 5.41) is 2.79. The van der Waals surface area contributed by atoms with Gasteiger partial charge in [0.15, 0.2) is 9.84 Å². The van der Waals surface area contributed by atoms with E-state index in [1.165, 1.54) is 11.8 Å². The van der Waals surface area contributed by atoms with Gasteiger partial charge in [-0.25, -0.2) is 8.42 Å². The largest absolute Gasteiger partial charge is 0.491 e. The Balaban J connectivity index is 1.82. The molecule has 2 aromatic carbocycles. The minimum Gasteiger partial charge on any atom is -0.491 e. The Morgan fingerprint density at radius 2 is 1.76 bits per heavy atom. The van der Waals surface area contributed by atoms with Crippen LogP contribution in [0.1, 0.15) is 27.0 Å². The SMILES string of the molecule is Cc1ccc(OCCNC(=O)c2ccc(CS(C)(=O)=O)cc2)c(C)c1. The molecule has 0 saturated heterocycles. The van der Waals surface area contributed by atoms with Crippen molar-refractivity contribution in [3.05, 3.63) is 64.7 Å². The molecule has 0 aliphatic rings. The lowest BCUT2D eigenvalue weighted by atomic mass is 10.1. The molecule has 0 aliphatic heterocycles. The van der Waals surface area contributed by atoms with Crippen LogP contribution in [0.4, 0.5) is 0 Å². The van der Waals surface area contributed by atoms with E-state index in [-0.39, 0.29) is 11.7 Å². The van der Waals surface area contributed by atoms with Gasteiger partial charge in [0.05, 0.1) is 12.3 Å². The van der Waals surface area contributed by atoms with Crippen molar-refractivity contribution in [2.24, 2.45) is 0 Å². The highest BCUT2D eigenvalue weighted by atomic mass is 32.2. The molecule has 1 amide bonds. The third kappa shape index (κ3) is 6.23. The van der Waals surface area contributed by atoms with Gasteiger partial charge >= 0.3 is 0 Å². The first-order valence-corrected chi connectivity index (χ1v) is 10.1. The molecular weight excluding hydrogens is 338 g/mol. The quantitative estimate of drug-likeness (QED) is 0.770. The molecule has 0 atom stereocenters. The summed E-state index contributed by atoms with van der Waals surface area (Å²) in [5.74, 6) is 0.568. The number of nitrogens with one attached hydrogen (secondary N) is 1. The zero-order valence-corrected chi connectivity index (χ0v) is 15.5. The van der Waals surface area contributed by atoms with Crippen LogP contribution in [0.3, 0.4) is 0 Å². The van der Waals surface area contributed by atoms with Crippen molar-refractivity contribution < 1.29 is 17.9 Å². The number of amides is 1. The molecule has 0 heterocycles. The molecule has 0 bridgehead atoms. The smallest absolute Gasteiger partial charge is 0.251 e. The second kappa shape index (κ2) is 8.16. The molecule has 0 fully saturated rings. The lowest BCUT2D eigenvalue weighted by Gasteiger charge is -2.10. The van der Waals surface area contributed by atoms with Crippen LogP contribution in [0, 0.1) is 13.8 Å². The summed E-state index contributed by atoms with van der Waals surface area (Å²) in [6.07, 6.45) is 1.18. The Labute approximate surface area is 148 Å². The van der Waals surface area contributed by atoms with Gasteiger partial charge < -0.3 is 10.1 Å². The van der Waals surface area contributed by atoms with Crippen LogP contribution in [0.2, 0.25) is 0 Å². The van der Waals surface area contributed by atoms with Gasteiger partial charge in [-0.2, -0.15) is 0 Å². The Morgan fingerprint density at radius 3 is 2.36 bits per heavy atom. The van der Waals surface area contributed by atoms with Gasteiger partial charge in [0, 0.05) is 11.8 Å². The molecule has 0 spiro atoms. The number of carbonyl (C=O) groups excluding carboxylic acids is 1. The van der Waals surface area contributed by atoms with Crippen molar-refractivity contribution in [3.63, 3.8) is 0 Å². The van der Waals surface area contributed by atoms with Crippen LogP contribution in [0.25, 0.3) is 0 Å². The highest BCUT2D eigenvalue weighted by molar-refractivity contribution is 7.89. The first-order chi connectivity index (χ1) is 11.7. The average molecular weight is 361 g/mol. The van der Waals surface area contributed by atoms with E-state index in [0.717, 1.165) is 11.3 Å². The molecule has 2 aromatic rings. The molecule has 25 heavy (non-hydrogen) atoms. The fraction of sp³-hybridized carbons (Fsp3) is 0.316. The minimum atomic E-state index is -3.08. The normalized spacial score (nSPS) is 11.2. The molecule has 1 N–H and O–H groups in total. The molecule has 2 rings (SSSR count). The van der Waals surface area contributed by atoms with E-state index in [0.29, 0.717) is 24.3 Å². The summed E-state index contributed by atoms with van der Waals surface area (Å²) in [5.41, 5.74) is 3.39. The molecule has 134 valence electrons. The topological polar surface area (TPSA) is 72.5 Å². The number of hydrogen-bond donors (Lipinski definition) is 1. The van der Waals surface area contributed by atoms with Crippen LogP contribution >= 0.6 is 0 Å². The second-order valence-electron chi connectivity index (χ2n) is 6.14. The van der Waals surface area contributed by atoms with Gasteiger partial charge in [-0.3, -0.25) is 4.79 Å². The monoisotopic (exact) mass is 361 g/mol. The number of carbonyl (C=O) groups is 1. The summed E-state index contributed by atoms with van der Waals surface area (Å²) in [6, 6.07) is 12.5. The van der Waals surface area contributed by atoms with Crippen molar-refractivity contribution in [2.45, 2.75) is 19.6 Å². The van der Waals surface area contributed by atoms with Crippen LogP contribution < -0.4 is 10.1 Å². The van der Waals surface area contributed by atoms with Gasteiger partial charge in [-0.05, 0) is 43.2 Å². The predicted molar refractivity (Wildman–Crippen MR) is 98.7 cm³/mol. The average Bonchev–Trinajstić information content (AvgIpc) is 2.52. The van der Waals surface area contributed by atoms with E-state index in [4.69, 9.17) is 4.74 Å². The van der Waals surface area contributed by atoms with Crippen LogP contribution in [-0.2, 0) is 15.6 Å². The van der Waals surface area contributed by atoms with Crippen LogP contribution in [0.5, 0.6) is 5.75 Å². The zero-order valence-electron chi connectivity index (χ0n) is 14.7. The van der Waals surface area contributed by atoms with E-state index in [1.54, 1.807) is 24.3 Å². The Bertz CT molecular complexity index is 842. The maximum atomic E-state index is 12.1. The summed E-state index contributed by atoms with van der Waals surface area (Å²) in [4.78, 5) is 12.1. The molecule has 0 unspecified atom stereocenters. The summed E-state index contributed by atoms with van der Waals surface area (Å²) >= 11 is 0. The van der Waals surface area contributed by atoms with E-state index in [1.807, 2.05) is 32.0 Å². The van der Waals surface area contributed by atoms with Crippen molar-refractivity contribution >= 4 is 15.7 Å². The van der Waals surface area contributed by atoms with Crippen molar-refractivity contribution in [2.75, 3.05) is 19.4 Å². The molecule has 0 radical (unpaired) electrons. The molecule has 0 aliphatic carbocycles. The number of ether oxygens (including phenoxy) is 1. The second-order valence-corrected chi connectivity index (χ2v) is 8.28. The fourth-order valence-electron chi connectivity index (χ4n) is 2.44. The third-order valence-electron chi connectivity index (χ3n) is 3.62. The summed E-state index contributed by atoms with van der Waals surface area (Å²) in [7, 11) is -3.08. The highest BCUT2D eigenvalue weighted by Crippen LogP contribution is 2.18. The molecule has 0 aromatic heterocycles. The Kier molecular flexibility index (Phi) is 6.20.